The zero-order chi connectivity index (χ0) is 13.1. The first kappa shape index (κ1) is 12.5. The van der Waals surface area contributed by atoms with Gasteiger partial charge in [-0.15, -0.1) is 0 Å². The van der Waals surface area contributed by atoms with E-state index in [4.69, 9.17) is 0 Å². The summed E-state index contributed by atoms with van der Waals surface area (Å²) in [5.74, 6) is 0.347. The van der Waals surface area contributed by atoms with E-state index in [9.17, 15) is 4.79 Å². The molecule has 18 heavy (non-hydrogen) atoms. The number of rotatable bonds is 3. The van der Waals surface area contributed by atoms with E-state index < -0.39 is 0 Å². The first-order chi connectivity index (χ1) is 8.61. The maximum atomic E-state index is 12.1. The van der Waals surface area contributed by atoms with Gasteiger partial charge in [-0.25, -0.2) is 4.98 Å². The number of pyridine rings is 1. The summed E-state index contributed by atoms with van der Waals surface area (Å²) in [6, 6.07) is 3.68. The normalized spacial score (nSPS) is 10.2. The minimum absolute atomic E-state index is 0.193. The third kappa shape index (κ3) is 2.48. The molecule has 0 aliphatic heterocycles. The van der Waals surface area contributed by atoms with E-state index in [2.05, 4.69) is 20.0 Å². The smallest absolute Gasteiger partial charge is 0.261 e. The van der Waals surface area contributed by atoms with E-state index in [1.807, 2.05) is 19.9 Å². The predicted molar refractivity (Wildman–Crippen MR) is 73.3 cm³/mol. The third-order valence-electron chi connectivity index (χ3n) is 2.47. The molecule has 0 spiro atoms. The van der Waals surface area contributed by atoms with Gasteiger partial charge in [0, 0.05) is 13.2 Å². The Kier molecular flexibility index (Phi) is 3.57. The van der Waals surface area contributed by atoms with Crippen LogP contribution >= 0.6 is 11.5 Å². The summed E-state index contributed by atoms with van der Waals surface area (Å²) >= 11 is 1.28. The molecule has 2 aromatic rings. The zero-order valence-electron chi connectivity index (χ0n) is 10.4. The lowest BCUT2D eigenvalue weighted by atomic mass is 10.2. The van der Waals surface area contributed by atoms with Crippen molar-refractivity contribution in [2.75, 3.05) is 17.7 Å². The summed E-state index contributed by atoms with van der Waals surface area (Å²) < 4.78 is 4.16. The third-order valence-corrected chi connectivity index (χ3v) is 3.43. The summed E-state index contributed by atoms with van der Waals surface area (Å²) in [6.07, 6.45) is 1.72. The van der Waals surface area contributed by atoms with Gasteiger partial charge < -0.3 is 10.6 Å². The summed E-state index contributed by atoms with van der Waals surface area (Å²) in [6.45, 7) is 3.76. The Morgan fingerprint density at radius 1 is 1.33 bits per heavy atom. The first-order valence-corrected chi connectivity index (χ1v) is 6.27. The molecule has 0 aromatic carbocycles. The second-order valence-corrected chi connectivity index (χ2v) is 4.67. The summed E-state index contributed by atoms with van der Waals surface area (Å²) in [7, 11) is 1.77. The van der Waals surface area contributed by atoms with Crippen LogP contribution in [0, 0.1) is 13.8 Å². The number of nitrogens with one attached hydrogen (secondary N) is 2. The summed E-state index contributed by atoms with van der Waals surface area (Å²) in [5.41, 5.74) is 2.34. The highest BCUT2D eigenvalue weighted by Crippen LogP contribution is 2.24. The van der Waals surface area contributed by atoms with E-state index in [-0.39, 0.29) is 5.91 Å². The van der Waals surface area contributed by atoms with Crippen LogP contribution in [0.25, 0.3) is 0 Å². The topological polar surface area (TPSA) is 66.9 Å². The molecule has 6 heteroatoms. The standard InChI is InChI=1S/C12H14N4OS/c1-7-4-5-9(14-6-7)15-11(17)10-8(2)16-18-12(10)13-3/h4-6,13H,1-3H3,(H,14,15,17). The monoisotopic (exact) mass is 262 g/mol. The van der Waals surface area contributed by atoms with Crippen molar-refractivity contribution in [1.82, 2.24) is 9.36 Å². The fourth-order valence-corrected chi connectivity index (χ4v) is 2.27. The predicted octanol–water partition coefficient (Wildman–Crippen LogP) is 2.45. The van der Waals surface area contributed by atoms with Crippen LogP contribution in [-0.4, -0.2) is 22.3 Å². The number of anilines is 2. The number of aromatic nitrogens is 2. The van der Waals surface area contributed by atoms with Crippen LogP contribution in [0.5, 0.6) is 0 Å². The molecule has 0 aliphatic rings. The van der Waals surface area contributed by atoms with Gasteiger partial charge in [-0.05, 0) is 37.0 Å². The second kappa shape index (κ2) is 5.14. The van der Waals surface area contributed by atoms with E-state index in [0.717, 1.165) is 10.6 Å². The SMILES string of the molecule is CNc1snc(C)c1C(=O)Nc1ccc(C)cn1. The van der Waals surface area contributed by atoms with Gasteiger partial charge in [-0.1, -0.05) is 6.07 Å². The van der Waals surface area contributed by atoms with Crippen LogP contribution in [0.2, 0.25) is 0 Å². The van der Waals surface area contributed by atoms with Gasteiger partial charge in [-0.2, -0.15) is 4.37 Å². The maximum Gasteiger partial charge on any atom is 0.261 e. The molecule has 2 aromatic heterocycles. The Hall–Kier alpha value is -1.95. The molecule has 0 saturated heterocycles. The van der Waals surface area contributed by atoms with Crippen molar-refractivity contribution < 1.29 is 4.79 Å². The molecule has 1 amide bonds. The number of nitrogens with zero attached hydrogens (tertiary/aromatic N) is 2. The molecular weight excluding hydrogens is 248 g/mol. The van der Waals surface area contributed by atoms with Crippen LogP contribution in [-0.2, 0) is 0 Å². The summed E-state index contributed by atoms with van der Waals surface area (Å²) in [4.78, 5) is 16.3. The zero-order valence-corrected chi connectivity index (χ0v) is 11.3. The molecule has 0 radical (unpaired) electrons. The molecule has 94 valence electrons. The van der Waals surface area contributed by atoms with Gasteiger partial charge in [0.1, 0.15) is 10.8 Å². The number of carbonyl (C=O) groups excluding carboxylic acids is 1. The number of amides is 1. The van der Waals surface area contributed by atoms with Crippen molar-refractivity contribution >= 4 is 28.3 Å². The molecule has 2 rings (SSSR count). The van der Waals surface area contributed by atoms with Gasteiger partial charge in [-0.3, -0.25) is 4.79 Å². The number of aryl methyl sites for hydroxylation is 2. The lowest BCUT2D eigenvalue weighted by Crippen LogP contribution is -2.14. The van der Waals surface area contributed by atoms with E-state index in [1.54, 1.807) is 19.3 Å². The lowest BCUT2D eigenvalue weighted by molar-refractivity contribution is 0.102. The van der Waals surface area contributed by atoms with Crippen LogP contribution in [0.3, 0.4) is 0 Å². The van der Waals surface area contributed by atoms with Crippen molar-refractivity contribution in [3.63, 3.8) is 0 Å². The Labute approximate surface area is 109 Å². The molecule has 0 unspecified atom stereocenters. The molecule has 2 heterocycles. The van der Waals surface area contributed by atoms with Crippen molar-refractivity contribution in [1.29, 1.82) is 0 Å². The van der Waals surface area contributed by atoms with E-state index in [1.165, 1.54) is 11.5 Å². The Morgan fingerprint density at radius 3 is 2.72 bits per heavy atom. The minimum Gasteiger partial charge on any atom is -0.378 e. The van der Waals surface area contributed by atoms with E-state index >= 15 is 0 Å². The highest BCUT2D eigenvalue weighted by Gasteiger charge is 2.17. The van der Waals surface area contributed by atoms with Gasteiger partial charge in [0.05, 0.1) is 11.3 Å². The second-order valence-electron chi connectivity index (χ2n) is 3.90. The number of carbonyl (C=O) groups is 1. The average Bonchev–Trinajstić information content (AvgIpc) is 2.73. The molecule has 2 N–H and O–H groups in total. The van der Waals surface area contributed by atoms with Crippen molar-refractivity contribution in [2.45, 2.75) is 13.8 Å². The van der Waals surface area contributed by atoms with Crippen molar-refractivity contribution in [2.24, 2.45) is 0 Å². The fraction of sp³-hybridized carbons (Fsp3) is 0.250. The Balaban J connectivity index is 2.21. The van der Waals surface area contributed by atoms with Crippen LogP contribution in [0.15, 0.2) is 18.3 Å². The van der Waals surface area contributed by atoms with Crippen molar-refractivity contribution in [3.05, 3.63) is 35.2 Å². The van der Waals surface area contributed by atoms with Gasteiger partial charge in [0.25, 0.3) is 5.91 Å². The molecule has 0 saturated carbocycles. The molecule has 0 fully saturated rings. The largest absolute Gasteiger partial charge is 0.378 e. The lowest BCUT2D eigenvalue weighted by Gasteiger charge is -2.05. The molecule has 0 bridgehead atoms. The first-order valence-electron chi connectivity index (χ1n) is 5.50. The molecular formula is C12H14N4OS. The highest BCUT2D eigenvalue weighted by atomic mass is 32.1. The molecule has 0 atom stereocenters. The van der Waals surface area contributed by atoms with Crippen LogP contribution in [0.4, 0.5) is 10.8 Å². The van der Waals surface area contributed by atoms with Gasteiger partial charge >= 0.3 is 0 Å². The van der Waals surface area contributed by atoms with Crippen LogP contribution < -0.4 is 10.6 Å². The summed E-state index contributed by atoms with van der Waals surface area (Å²) in [5, 5.41) is 6.49. The van der Waals surface area contributed by atoms with Gasteiger partial charge in [0.15, 0.2) is 0 Å². The van der Waals surface area contributed by atoms with Gasteiger partial charge in [0.2, 0.25) is 0 Å². The highest BCUT2D eigenvalue weighted by molar-refractivity contribution is 7.10. The average molecular weight is 262 g/mol. The number of hydrogen-bond acceptors (Lipinski definition) is 5. The minimum atomic E-state index is -0.193. The van der Waals surface area contributed by atoms with E-state index in [0.29, 0.717) is 17.1 Å². The molecule has 0 aliphatic carbocycles. The quantitative estimate of drug-likeness (QED) is 0.891. The Morgan fingerprint density at radius 2 is 2.11 bits per heavy atom. The maximum absolute atomic E-state index is 12.1. The fourth-order valence-electron chi connectivity index (χ4n) is 1.53. The molecule has 5 nitrogen and oxygen atoms in total. The number of hydrogen-bond donors (Lipinski definition) is 2. The van der Waals surface area contributed by atoms with Crippen LogP contribution in [0.1, 0.15) is 21.6 Å². The Bertz CT molecular complexity index is 562. The van der Waals surface area contributed by atoms with Crippen molar-refractivity contribution in [3.8, 4) is 0 Å².